The van der Waals surface area contributed by atoms with E-state index in [1.807, 2.05) is 19.0 Å². The number of hydrazone groups is 1. The zero-order valence-electron chi connectivity index (χ0n) is 7.99. The number of likely N-dealkylation sites (N-methyl/N-ethyl adjacent to an activating group) is 1. The highest BCUT2D eigenvalue weighted by molar-refractivity contribution is 5.82. The van der Waals surface area contributed by atoms with Crippen LogP contribution < -0.4 is 0 Å². The molecule has 0 N–H and O–H groups in total. The Kier molecular flexibility index (Phi) is 3.08. The van der Waals surface area contributed by atoms with Crippen molar-refractivity contribution in [2.75, 3.05) is 26.7 Å². The van der Waals surface area contributed by atoms with Gasteiger partial charge in [-0.25, -0.2) is 5.01 Å². The predicted octanol–water partition coefficient (Wildman–Crippen LogP) is 0.615. The van der Waals surface area contributed by atoms with Gasteiger partial charge in [-0.15, -0.1) is 0 Å². The Morgan fingerprint density at radius 3 is 2.75 bits per heavy atom. The molecule has 1 fully saturated rings. The predicted molar refractivity (Wildman–Crippen MR) is 51.5 cm³/mol. The van der Waals surface area contributed by atoms with E-state index in [1.165, 1.54) is 0 Å². The van der Waals surface area contributed by atoms with Crippen molar-refractivity contribution in [3.05, 3.63) is 0 Å². The second-order valence-electron chi connectivity index (χ2n) is 2.60. The molecule has 0 aromatic heterocycles. The first-order chi connectivity index (χ1) is 5.83. The minimum Gasteiger partial charge on any atom is -0.340 e. The van der Waals surface area contributed by atoms with Crippen LogP contribution in [-0.4, -0.2) is 48.8 Å². The molecule has 1 aliphatic rings. The Hall–Kier alpha value is -1.06. The number of rotatable bonds is 2. The van der Waals surface area contributed by atoms with Crippen molar-refractivity contribution in [1.29, 1.82) is 0 Å². The van der Waals surface area contributed by atoms with Gasteiger partial charge in [0.15, 0.2) is 0 Å². The molecule has 0 aliphatic carbocycles. The molecule has 0 atom stereocenters. The summed E-state index contributed by atoms with van der Waals surface area (Å²) < 4.78 is 0. The number of aliphatic imine (C=N–C) groups is 1. The standard InChI is InChI=1S/C8H16N4/c1-4-10-12-7-6-11(5-2)8(12)9-3/h4H,5-7H2,1-3H3. The van der Waals surface area contributed by atoms with Crippen LogP contribution in [0.4, 0.5) is 0 Å². The summed E-state index contributed by atoms with van der Waals surface area (Å²) in [5, 5.41) is 6.14. The van der Waals surface area contributed by atoms with E-state index in [-0.39, 0.29) is 0 Å². The highest BCUT2D eigenvalue weighted by Crippen LogP contribution is 2.07. The fraction of sp³-hybridized carbons (Fsp3) is 0.750. The van der Waals surface area contributed by atoms with Gasteiger partial charge in [-0.1, -0.05) is 0 Å². The fourth-order valence-electron chi connectivity index (χ4n) is 1.38. The van der Waals surface area contributed by atoms with Crippen molar-refractivity contribution in [3.63, 3.8) is 0 Å². The second-order valence-corrected chi connectivity index (χ2v) is 2.60. The summed E-state index contributed by atoms with van der Waals surface area (Å²) in [4.78, 5) is 6.41. The summed E-state index contributed by atoms with van der Waals surface area (Å²) in [6.45, 7) is 7.03. The molecule has 0 saturated carbocycles. The average Bonchev–Trinajstić information content (AvgIpc) is 2.47. The van der Waals surface area contributed by atoms with Crippen molar-refractivity contribution in [1.82, 2.24) is 9.91 Å². The Labute approximate surface area is 73.6 Å². The lowest BCUT2D eigenvalue weighted by Crippen LogP contribution is -2.30. The van der Waals surface area contributed by atoms with E-state index in [1.54, 1.807) is 6.21 Å². The van der Waals surface area contributed by atoms with Crippen LogP contribution in [0.1, 0.15) is 13.8 Å². The smallest absolute Gasteiger partial charge is 0.217 e. The maximum atomic E-state index is 4.21. The zero-order valence-corrected chi connectivity index (χ0v) is 7.99. The van der Waals surface area contributed by atoms with Gasteiger partial charge in [0, 0.05) is 26.4 Å². The molecule has 0 spiro atoms. The van der Waals surface area contributed by atoms with Crippen molar-refractivity contribution in [2.24, 2.45) is 10.1 Å². The van der Waals surface area contributed by atoms with Crippen LogP contribution >= 0.6 is 0 Å². The lowest BCUT2D eigenvalue weighted by atomic mass is 10.6. The number of nitrogens with zero attached hydrogens (tertiary/aromatic N) is 4. The van der Waals surface area contributed by atoms with Gasteiger partial charge in [0.2, 0.25) is 5.96 Å². The van der Waals surface area contributed by atoms with Gasteiger partial charge in [-0.05, 0) is 13.8 Å². The normalized spacial score (nSPS) is 21.8. The number of guanidine groups is 1. The van der Waals surface area contributed by atoms with Crippen molar-refractivity contribution < 1.29 is 0 Å². The molecule has 0 radical (unpaired) electrons. The van der Waals surface area contributed by atoms with Gasteiger partial charge >= 0.3 is 0 Å². The van der Waals surface area contributed by atoms with Crippen molar-refractivity contribution in [3.8, 4) is 0 Å². The monoisotopic (exact) mass is 168 g/mol. The summed E-state index contributed by atoms with van der Waals surface area (Å²) >= 11 is 0. The molecule has 1 heterocycles. The number of hydrogen-bond acceptors (Lipinski definition) is 2. The van der Waals surface area contributed by atoms with Crippen molar-refractivity contribution in [2.45, 2.75) is 13.8 Å². The van der Waals surface area contributed by atoms with Crippen LogP contribution in [0, 0.1) is 0 Å². The fourth-order valence-corrected chi connectivity index (χ4v) is 1.38. The minimum atomic E-state index is 0.949. The first kappa shape index (κ1) is 9.03. The molecular formula is C8H16N4. The van der Waals surface area contributed by atoms with Crippen molar-refractivity contribution >= 4 is 12.2 Å². The van der Waals surface area contributed by atoms with Crippen LogP contribution in [0.25, 0.3) is 0 Å². The molecule has 0 bridgehead atoms. The summed E-state index contributed by atoms with van der Waals surface area (Å²) in [6.07, 6.45) is 1.80. The van der Waals surface area contributed by atoms with Gasteiger partial charge in [-0.2, -0.15) is 5.10 Å². The largest absolute Gasteiger partial charge is 0.340 e. The van der Waals surface area contributed by atoms with E-state index in [4.69, 9.17) is 0 Å². The zero-order chi connectivity index (χ0) is 8.97. The average molecular weight is 168 g/mol. The van der Waals surface area contributed by atoms with E-state index < -0.39 is 0 Å². The van der Waals surface area contributed by atoms with E-state index >= 15 is 0 Å². The third-order valence-electron chi connectivity index (χ3n) is 1.93. The molecule has 68 valence electrons. The Bertz CT molecular complexity index is 197. The lowest BCUT2D eigenvalue weighted by Gasteiger charge is -2.17. The molecule has 4 nitrogen and oxygen atoms in total. The molecular weight excluding hydrogens is 152 g/mol. The molecule has 1 saturated heterocycles. The summed E-state index contributed by atoms with van der Waals surface area (Å²) in [7, 11) is 1.81. The van der Waals surface area contributed by atoms with Gasteiger partial charge in [0.25, 0.3) is 0 Å². The first-order valence-electron chi connectivity index (χ1n) is 4.31. The minimum absolute atomic E-state index is 0.949. The Morgan fingerprint density at radius 1 is 1.50 bits per heavy atom. The Balaban J connectivity index is 2.69. The third kappa shape index (κ3) is 1.57. The third-order valence-corrected chi connectivity index (χ3v) is 1.93. The SMILES string of the molecule is CC=NN1CCN(CC)C1=NC. The van der Waals surface area contributed by atoms with Gasteiger partial charge in [-0.3, -0.25) is 4.99 Å². The molecule has 4 heteroatoms. The molecule has 1 aliphatic heterocycles. The molecule has 0 amide bonds. The maximum absolute atomic E-state index is 4.21. The quantitative estimate of drug-likeness (QED) is 0.566. The first-order valence-corrected chi connectivity index (χ1v) is 4.31. The summed E-state index contributed by atoms with van der Waals surface area (Å²) in [5.74, 6) is 0.982. The van der Waals surface area contributed by atoms with Crippen LogP contribution in [0.5, 0.6) is 0 Å². The Morgan fingerprint density at radius 2 is 2.25 bits per heavy atom. The van der Waals surface area contributed by atoms with Crippen LogP contribution in [0.2, 0.25) is 0 Å². The van der Waals surface area contributed by atoms with Crippen LogP contribution in [0.3, 0.4) is 0 Å². The summed E-state index contributed by atoms with van der Waals surface area (Å²) in [5.41, 5.74) is 0. The maximum Gasteiger partial charge on any atom is 0.217 e. The molecule has 0 aromatic carbocycles. The lowest BCUT2D eigenvalue weighted by molar-refractivity contribution is 0.488. The van der Waals surface area contributed by atoms with E-state index in [9.17, 15) is 0 Å². The molecule has 12 heavy (non-hydrogen) atoms. The topological polar surface area (TPSA) is 31.2 Å². The van der Waals surface area contributed by atoms with E-state index in [0.717, 1.165) is 25.6 Å². The second kappa shape index (κ2) is 4.09. The summed E-state index contributed by atoms with van der Waals surface area (Å²) in [6, 6.07) is 0. The van der Waals surface area contributed by atoms with Gasteiger partial charge < -0.3 is 4.90 Å². The molecule has 0 aromatic rings. The van der Waals surface area contributed by atoms with Gasteiger partial charge in [0.05, 0.1) is 6.54 Å². The van der Waals surface area contributed by atoms with Crippen LogP contribution in [0.15, 0.2) is 10.1 Å². The highest BCUT2D eigenvalue weighted by Gasteiger charge is 2.23. The molecule has 0 unspecified atom stereocenters. The highest BCUT2D eigenvalue weighted by atomic mass is 15.6. The van der Waals surface area contributed by atoms with E-state index in [2.05, 4.69) is 21.9 Å². The van der Waals surface area contributed by atoms with Gasteiger partial charge in [0.1, 0.15) is 0 Å². The number of hydrogen-bond donors (Lipinski definition) is 0. The van der Waals surface area contributed by atoms with E-state index in [0.29, 0.717) is 0 Å². The van der Waals surface area contributed by atoms with Crippen LogP contribution in [-0.2, 0) is 0 Å². The molecule has 1 rings (SSSR count).